The lowest BCUT2D eigenvalue weighted by Gasteiger charge is -2.26. The molecule has 2 rings (SSSR count). The number of fused-ring (bicyclic) bond motifs is 1. The van der Waals surface area contributed by atoms with Crippen molar-refractivity contribution < 1.29 is 0 Å². The van der Waals surface area contributed by atoms with E-state index < -0.39 is 0 Å². The van der Waals surface area contributed by atoms with E-state index >= 15 is 0 Å². The van der Waals surface area contributed by atoms with E-state index in [2.05, 4.69) is 23.9 Å². The third-order valence-electron chi connectivity index (χ3n) is 1.99. The molecule has 0 bridgehead atoms. The number of allylic oxidation sites excluding steroid dienone is 1. The predicted molar refractivity (Wildman–Crippen MR) is 48.1 cm³/mol. The molecule has 1 fully saturated rings. The molecule has 0 aromatic heterocycles. The summed E-state index contributed by atoms with van der Waals surface area (Å²) in [6.45, 7) is 0.631. The van der Waals surface area contributed by atoms with Gasteiger partial charge in [-0.3, -0.25) is 10.0 Å². The standard InChI is InChI=1S/C7H8N4S/c8-4-6-5-11(12)10-3-1-2-9-7(6)10/h1-3,6-7,12H,5H2. The van der Waals surface area contributed by atoms with Crippen LogP contribution >= 0.6 is 12.8 Å². The van der Waals surface area contributed by atoms with E-state index in [4.69, 9.17) is 5.26 Å². The molecule has 4 nitrogen and oxygen atoms in total. The summed E-state index contributed by atoms with van der Waals surface area (Å²) in [5.74, 6) is -0.0799. The third-order valence-corrected chi connectivity index (χ3v) is 2.36. The van der Waals surface area contributed by atoms with E-state index in [1.807, 2.05) is 17.3 Å². The minimum absolute atomic E-state index is 0.0718. The van der Waals surface area contributed by atoms with Gasteiger partial charge in [-0.2, -0.15) is 9.68 Å². The average molecular weight is 180 g/mol. The third kappa shape index (κ3) is 1.00. The molecule has 2 atom stereocenters. The van der Waals surface area contributed by atoms with E-state index in [0.29, 0.717) is 6.54 Å². The highest BCUT2D eigenvalue weighted by molar-refractivity contribution is 7.77. The molecule has 0 saturated carbocycles. The van der Waals surface area contributed by atoms with Gasteiger partial charge < -0.3 is 0 Å². The van der Waals surface area contributed by atoms with Crippen LogP contribution in [0.4, 0.5) is 0 Å². The Hall–Kier alpha value is -0.990. The van der Waals surface area contributed by atoms with Gasteiger partial charge >= 0.3 is 0 Å². The van der Waals surface area contributed by atoms with Gasteiger partial charge in [0.2, 0.25) is 0 Å². The molecule has 0 aromatic rings. The molecule has 2 unspecified atom stereocenters. The van der Waals surface area contributed by atoms with Crippen LogP contribution in [0.25, 0.3) is 0 Å². The molecule has 62 valence electrons. The van der Waals surface area contributed by atoms with E-state index in [-0.39, 0.29) is 12.1 Å². The summed E-state index contributed by atoms with van der Waals surface area (Å²) in [4.78, 5) is 4.20. The van der Waals surface area contributed by atoms with Crippen molar-refractivity contribution in [3.8, 4) is 6.07 Å². The van der Waals surface area contributed by atoms with Crippen LogP contribution < -0.4 is 0 Å². The van der Waals surface area contributed by atoms with Crippen molar-refractivity contribution in [1.82, 2.24) is 9.42 Å². The number of aliphatic imine (C=N–C) groups is 1. The predicted octanol–water partition coefficient (Wildman–Crippen LogP) is 0.428. The Bertz CT molecular complexity index is 280. The van der Waals surface area contributed by atoms with Crippen molar-refractivity contribution in [2.75, 3.05) is 6.54 Å². The Labute approximate surface area is 76.3 Å². The number of hydrogen-bond donors (Lipinski definition) is 1. The highest BCUT2D eigenvalue weighted by Crippen LogP contribution is 2.27. The van der Waals surface area contributed by atoms with Gasteiger partial charge in [0.1, 0.15) is 5.92 Å². The number of thiol groups is 1. The maximum Gasteiger partial charge on any atom is 0.152 e. The normalized spacial score (nSPS) is 33.5. The molecule has 1 saturated heterocycles. The second kappa shape index (κ2) is 2.81. The summed E-state index contributed by atoms with van der Waals surface area (Å²) < 4.78 is 1.71. The first kappa shape index (κ1) is 7.65. The van der Waals surface area contributed by atoms with Crippen LogP contribution in [0, 0.1) is 17.2 Å². The Morgan fingerprint density at radius 3 is 3.25 bits per heavy atom. The van der Waals surface area contributed by atoms with Gasteiger partial charge in [-0.25, -0.2) is 0 Å². The molecule has 2 aliphatic heterocycles. The largest absolute Gasteiger partial charge is 0.278 e. The van der Waals surface area contributed by atoms with Crippen molar-refractivity contribution >= 4 is 19.0 Å². The number of nitrogens with zero attached hydrogens (tertiary/aromatic N) is 4. The monoisotopic (exact) mass is 180 g/mol. The Balaban J connectivity index is 2.25. The van der Waals surface area contributed by atoms with E-state index in [1.165, 1.54) is 0 Å². The van der Waals surface area contributed by atoms with Crippen molar-refractivity contribution in [2.45, 2.75) is 6.17 Å². The van der Waals surface area contributed by atoms with Gasteiger partial charge in [0, 0.05) is 19.0 Å². The number of nitriles is 1. The van der Waals surface area contributed by atoms with E-state index in [1.54, 1.807) is 10.6 Å². The summed E-state index contributed by atoms with van der Waals surface area (Å²) in [6, 6.07) is 2.21. The van der Waals surface area contributed by atoms with Crippen molar-refractivity contribution in [2.24, 2.45) is 10.9 Å². The first-order chi connectivity index (χ1) is 5.83. The Morgan fingerprint density at radius 2 is 2.50 bits per heavy atom. The van der Waals surface area contributed by atoms with Crippen molar-refractivity contribution in [1.29, 1.82) is 5.26 Å². The van der Waals surface area contributed by atoms with Gasteiger partial charge in [-0.05, 0) is 6.08 Å². The quantitative estimate of drug-likeness (QED) is 0.550. The lowest BCUT2D eigenvalue weighted by molar-refractivity contribution is 0.162. The zero-order chi connectivity index (χ0) is 8.55. The summed E-state index contributed by atoms with van der Waals surface area (Å²) in [7, 11) is 0. The van der Waals surface area contributed by atoms with Crippen LogP contribution in [0.3, 0.4) is 0 Å². The molecule has 0 aromatic carbocycles. The molecule has 0 aliphatic carbocycles. The van der Waals surface area contributed by atoms with E-state index in [9.17, 15) is 0 Å². The van der Waals surface area contributed by atoms with E-state index in [0.717, 1.165) is 0 Å². The zero-order valence-corrected chi connectivity index (χ0v) is 7.22. The molecule has 0 radical (unpaired) electrons. The maximum absolute atomic E-state index is 8.79. The minimum Gasteiger partial charge on any atom is -0.278 e. The first-order valence-electron chi connectivity index (χ1n) is 3.67. The topological polar surface area (TPSA) is 42.6 Å². The van der Waals surface area contributed by atoms with Crippen LogP contribution in [-0.2, 0) is 0 Å². The van der Waals surface area contributed by atoms with Crippen LogP contribution in [-0.4, -0.2) is 28.3 Å². The van der Waals surface area contributed by atoms with Gasteiger partial charge in [0.05, 0.1) is 6.07 Å². The highest BCUT2D eigenvalue weighted by atomic mass is 32.1. The molecular formula is C7H8N4S. The fraction of sp³-hybridized carbons (Fsp3) is 0.429. The van der Waals surface area contributed by atoms with Crippen LogP contribution in [0.5, 0.6) is 0 Å². The summed E-state index contributed by atoms with van der Waals surface area (Å²) in [5.41, 5.74) is 0. The van der Waals surface area contributed by atoms with Crippen molar-refractivity contribution in [3.05, 3.63) is 12.3 Å². The lowest BCUT2D eigenvalue weighted by atomic mass is 10.1. The molecule has 2 aliphatic rings. The second-order valence-corrected chi connectivity index (χ2v) is 3.19. The molecule has 2 heterocycles. The number of hydrazine groups is 1. The van der Waals surface area contributed by atoms with Crippen molar-refractivity contribution in [3.63, 3.8) is 0 Å². The molecule has 12 heavy (non-hydrogen) atoms. The zero-order valence-electron chi connectivity index (χ0n) is 6.33. The lowest BCUT2D eigenvalue weighted by Crippen LogP contribution is -2.32. The summed E-state index contributed by atoms with van der Waals surface area (Å²) >= 11 is 4.21. The smallest absolute Gasteiger partial charge is 0.152 e. The fourth-order valence-electron chi connectivity index (χ4n) is 1.39. The van der Waals surface area contributed by atoms with Crippen LogP contribution in [0.15, 0.2) is 17.3 Å². The molecular weight excluding hydrogens is 172 g/mol. The molecule has 0 N–H and O–H groups in total. The highest BCUT2D eigenvalue weighted by Gasteiger charge is 2.37. The SMILES string of the molecule is N#CC1CN(S)N2C=CC=NC12. The second-order valence-electron chi connectivity index (χ2n) is 2.72. The van der Waals surface area contributed by atoms with Gasteiger partial charge in [0.25, 0.3) is 0 Å². The maximum atomic E-state index is 8.79. The molecule has 5 heteroatoms. The average Bonchev–Trinajstić information content (AvgIpc) is 2.44. The summed E-state index contributed by atoms with van der Waals surface area (Å²) in [6.07, 6.45) is 5.36. The number of hydrogen-bond acceptors (Lipinski definition) is 5. The summed E-state index contributed by atoms with van der Waals surface area (Å²) in [5, 5.41) is 10.6. The minimum atomic E-state index is -0.0799. The van der Waals surface area contributed by atoms with Crippen LogP contribution in [0.2, 0.25) is 0 Å². The Kier molecular flexibility index (Phi) is 1.79. The first-order valence-corrected chi connectivity index (χ1v) is 4.07. The fourth-order valence-corrected chi connectivity index (χ4v) is 1.74. The van der Waals surface area contributed by atoms with Gasteiger partial charge in [-0.1, -0.05) is 12.8 Å². The van der Waals surface area contributed by atoms with Crippen LogP contribution in [0.1, 0.15) is 0 Å². The van der Waals surface area contributed by atoms with Gasteiger partial charge in [0.15, 0.2) is 6.17 Å². The van der Waals surface area contributed by atoms with Gasteiger partial charge in [-0.15, -0.1) is 0 Å². The Morgan fingerprint density at radius 1 is 1.67 bits per heavy atom. The number of rotatable bonds is 0. The molecule has 0 spiro atoms. The molecule has 0 amide bonds.